The molecular formula is C42H76O10. The molecule has 0 aromatic heterocycles. The van der Waals surface area contributed by atoms with Gasteiger partial charge >= 0.3 is 11.9 Å². The fraction of sp³-hybridized carbons (Fsp3) is 0.857. The van der Waals surface area contributed by atoms with Gasteiger partial charge in [0, 0.05) is 12.8 Å². The molecule has 0 aliphatic carbocycles. The van der Waals surface area contributed by atoms with Crippen molar-refractivity contribution in [2.75, 3.05) is 19.8 Å². The van der Waals surface area contributed by atoms with Crippen molar-refractivity contribution in [3.63, 3.8) is 0 Å². The van der Waals surface area contributed by atoms with Crippen LogP contribution in [0.25, 0.3) is 0 Å². The SMILES string of the molecule is CCCCCC/C=C/CCCCCCCC(=O)OC[C@H](CO[C@@H]1O[C@H](CO)[C@H](O)C(O)C1O)OC(=O)CCCCCCC/C=C/CCCCCCC. The number of rotatable bonds is 34. The van der Waals surface area contributed by atoms with E-state index in [4.69, 9.17) is 18.9 Å². The maximum atomic E-state index is 12.7. The molecule has 0 aromatic rings. The Hall–Kier alpha value is -1.82. The lowest BCUT2D eigenvalue weighted by molar-refractivity contribution is -0.305. The molecule has 2 unspecified atom stereocenters. The number of ether oxygens (including phenoxy) is 4. The highest BCUT2D eigenvalue weighted by molar-refractivity contribution is 5.70. The molecule has 0 aromatic carbocycles. The van der Waals surface area contributed by atoms with Crippen molar-refractivity contribution in [1.82, 2.24) is 0 Å². The van der Waals surface area contributed by atoms with E-state index < -0.39 is 49.4 Å². The fourth-order valence-corrected chi connectivity index (χ4v) is 6.18. The summed E-state index contributed by atoms with van der Waals surface area (Å²) in [4.78, 5) is 25.2. The molecule has 1 aliphatic rings. The molecule has 10 heteroatoms. The Labute approximate surface area is 315 Å². The third-order valence-corrected chi connectivity index (χ3v) is 9.56. The molecule has 1 heterocycles. The van der Waals surface area contributed by atoms with Gasteiger partial charge in [-0.25, -0.2) is 0 Å². The monoisotopic (exact) mass is 741 g/mol. The lowest BCUT2D eigenvalue weighted by Crippen LogP contribution is -2.59. The molecule has 1 aliphatic heterocycles. The molecule has 1 saturated heterocycles. The number of unbranched alkanes of at least 4 members (excludes halogenated alkanes) is 19. The molecule has 10 nitrogen and oxygen atoms in total. The van der Waals surface area contributed by atoms with Crippen molar-refractivity contribution in [3.8, 4) is 0 Å². The van der Waals surface area contributed by atoms with E-state index >= 15 is 0 Å². The molecule has 1 fully saturated rings. The first kappa shape index (κ1) is 48.2. The fourth-order valence-electron chi connectivity index (χ4n) is 6.18. The summed E-state index contributed by atoms with van der Waals surface area (Å²) in [6.45, 7) is 3.37. The van der Waals surface area contributed by atoms with Crippen LogP contribution in [0.5, 0.6) is 0 Å². The summed E-state index contributed by atoms with van der Waals surface area (Å²) in [5.41, 5.74) is 0. The maximum absolute atomic E-state index is 12.7. The predicted molar refractivity (Wildman–Crippen MR) is 206 cm³/mol. The number of aliphatic hydroxyl groups is 4. The van der Waals surface area contributed by atoms with E-state index in [0.717, 1.165) is 70.6 Å². The summed E-state index contributed by atoms with van der Waals surface area (Å²) in [7, 11) is 0. The predicted octanol–water partition coefficient (Wildman–Crippen LogP) is 8.16. The summed E-state index contributed by atoms with van der Waals surface area (Å²) < 4.78 is 22.1. The van der Waals surface area contributed by atoms with Crippen molar-refractivity contribution in [2.24, 2.45) is 0 Å². The van der Waals surface area contributed by atoms with E-state index in [2.05, 4.69) is 38.2 Å². The van der Waals surface area contributed by atoms with Crippen molar-refractivity contribution in [1.29, 1.82) is 0 Å². The minimum atomic E-state index is -1.59. The Balaban J connectivity index is 2.38. The zero-order valence-corrected chi connectivity index (χ0v) is 32.8. The zero-order chi connectivity index (χ0) is 38.1. The minimum absolute atomic E-state index is 0.219. The molecule has 0 amide bonds. The highest BCUT2D eigenvalue weighted by Crippen LogP contribution is 2.22. The summed E-state index contributed by atoms with van der Waals surface area (Å²) in [6, 6.07) is 0. The molecule has 0 radical (unpaired) electrons. The van der Waals surface area contributed by atoms with E-state index in [-0.39, 0.29) is 32.0 Å². The van der Waals surface area contributed by atoms with Crippen LogP contribution in [0, 0.1) is 0 Å². The molecule has 4 N–H and O–H groups in total. The van der Waals surface area contributed by atoms with E-state index in [9.17, 15) is 30.0 Å². The van der Waals surface area contributed by atoms with Gasteiger partial charge in [0.1, 0.15) is 31.0 Å². The van der Waals surface area contributed by atoms with Crippen LogP contribution >= 0.6 is 0 Å². The highest BCUT2D eigenvalue weighted by atomic mass is 16.7. The molecule has 0 saturated carbocycles. The van der Waals surface area contributed by atoms with Crippen LogP contribution in [-0.2, 0) is 28.5 Å². The third kappa shape index (κ3) is 25.2. The third-order valence-electron chi connectivity index (χ3n) is 9.56. The van der Waals surface area contributed by atoms with Gasteiger partial charge in [0.2, 0.25) is 0 Å². The number of carbonyl (C=O) groups is 2. The first-order valence-corrected chi connectivity index (χ1v) is 20.9. The average molecular weight is 741 g/mol. The molecular weight excluding hydrogens is 664 g/mol. The number of esters is 2. The largest absolute Gasteiger partial charge is 0.462 e. The lowest BCUT2D eigenvalue weighted by atomic mass is 9.99. The van der Waals surface area contributed by atoms with Gasteiger partial charge in [0.15, 0.2) is 12.4 Å². The van der Waals surface area contributed by atoms with Crippen LogP contribution in [0.15, 0.2) is 24.3 Å². The van der Waals surface area contributed by atoms with E-state index in [1.165, 1.54) is 64.2 Å². The van der Waals surface area contributed by atoms with Gasteiger partial charge in [-0.1, -0.05) is 122 Å². The minimum Gasteiger partial charge on any atom is -0.462 e. The van der Waals surface area contributed by atoms with Gasteiger partial charge in [0.25, 0.3) is 0 Å². The Bertz CT molecular complexity index is 907. The number of aliphatic hydroxyl groups excluding tert-OH is 4. The summed E-state index contributed by atoms with van der Waals surface area (Å²) in [6.07, 6.45) is 27.5. The summed E-state index contributed by atoms with van der Waals surface area (Å²) in [5.74, 6) is -0.826. The molecule has 0 spiro atoms. The topological polar surface area (TPSA) is 152 Å². The van der Waals surface area contributed by atoms with Crippen molar-refractivity contribution in [3.05, 3.63) is 24.3 Å². The van der Waals surface area contributed by atoms with Gasteiger partial charge in [-0.05, 0) is 64.2 Å². The van der Waals surface area contributed by atoms with Gasteiger partial charge < -0.3 is 39.4 Å². The molecule has 52 heavy (non-hydrogen) atoms. The summed E-state index contributed by atoms with van der Waals surface area (Å²) >= 11 is 0. The molecule has 0 bridgehead atoms. The van der Waals surface area contributed by atoms with Crippen LogP contribution in [0.3, 0.4) is 0 Å². The quantitative estimate of drug-likeness (QED) is 0.0289. The van der Waals surface area contributed by atoms with Crippen molar-refractivity contribution < 1.29 is 49.0 Å². The van der Waals surface area contributed by atoms with Crippen LogP contribution in [0.2, 0.25) is 0 Å². The second-order valence-electron chi connectivity index (χ2n) is 14.4. The van der Waals surface area contributed by atoms with Crippen LogP contribution in [0.1, 0.15) is 174 Å². The molecule has 1 rings (SSSR count). The van der Waals surface area contributed by atoms with Crippen molar-refractivity contribution >= 4 is 11.9 Å². The average Bonchev–Trinajstić information content (AvgIpc) is 3.14. The van der Waals surface area contributed by atoms with Gasteiger partial charge in [-0.3, -0.25) is 9.59 Å². The zero-order valence-electron chi connectivity index (χ0n) is 32.8. The lowest BCUT2D eigenvalue weighted by Gasteiger charge is -2.39. The number of hydrogen-bond acceptors (Lipinski definition) is 10. The Morgan fingerprint density at radius 1 is 0.577 bits per heavy atom. The van der Waals surface area contributed by atoms with Crippen LogP contribution in [-0.4, -0.2) is 89.0 Å². The Morgan fingerprint density at radius 3 is 1.52 bits per heavy atom. The standard InChI is InChI=1S/C42H76O10/c1-3-5-7-9-11-13-15-17-19-21-23-25-27-29-31-38(45)51-35(34-50-42-41(48)40(47)39(46)36(32-43)52-42)33-49-37(44)30-28-26-24-22-20-18-16-14-12-10-8-6-4-2/h14-17,35-36,39-43,46-48H,3-13,18-34H2,1-2H3/b16-14+,17-15+/t35-,36-,39+,40?,41?,42-/m1/s1. The number of carbonyl (C=O) groups excluding carboxylic acids is 2. The first-order chi connectivity index (χ1) is 25.3. The Morgan fingerprint density at radius 2 is 1.02 bits per heavy atom. The van der Waals surface area contributed by atoms with Crippen molar-refractivity contribution in [2.45, 2.75) is 211 Å². The first-order valence-electron chi connectivity index (χ1n) is 20.9. The molecule has 304 valence electrons. The second-order valence-corrected chi connectivity index (χ2v) is 14.4. The number of hydrogen-bond donors (Lipinski definition) is 4. The Kier molecular flexibility index (Phi) is 31.3. The summed E-state index contributed by atoms with van der Waals surface area (Å²) in [5, 5.41) is 40.0. The highest BCUT2D eigenvalue weighted by Gasteiger charge is 2.44. The second kappa shape index (κ2) is 33.7. The van der Waals surface area contributed by atoms with E-state index in [1.807, 2.05) is 0 Å². The van der Waals surface area contributed by atoms with Gasteiger partial charge in [-0.2, -0.15) is 0 Å². The van der Waals surface area contributed by atoms with E-state index in [1.54, 1.807) is 0 Å². The van der Waals surface area contributed by atoms with Gasteiger partial charge in [-0.15, -0.1) is 0 Å². The normalized spacial score (nSPS) is 21.2. The maximum Gasteiger partial charge on any atom is 0.306 e. The number of allylic oxidation sites excluding steroid dienone is 4. The molecule has 6 atom stereocenters. The van der Waals surface area contributed by atoms with Crippen LogP contribution in [0.4, 0.5) is 0 Å². The van der Waals surface area contributed by atoms with E-state index in [0.29, 0.717) is 12.8 Å². The smallest absolute Gasteiger partial charge is 0.306 e. The van der Waals surface area contributed by atoms with Crippen LogP contribution < -0.4 is 0 Å². The van der Waals surface area contributed by atoms with Gasteiger partial charge in [0.05, 0.1) is 13.2 Å².